The Kier molecular flexibility index (Phi) is 7.92. The number of hydrogen-bond acceptors (Lipinski definition) is 4. The number of fused-ring (bicyclic) bond motifs is 1. The average Bonchev–Trinajstić information content (AvgIpc) is 3.13. The Morgan fingerprint density at radius 2 is 1.75 bits per heavy atom. The Hall–Kier alpha value is -3.75. The first-order chi connectivity index (χ1) is 19.2. The number of likely N-dealkylation sites (tertiary alicyclic amines) is 1. The van der Waals surface area contributed by atoms with E-state index in [1.54, 1.807) is 29.2 Å². The van der Waals surface area contributed by atoms with E-state index in [1.165, 1.54) is 12.1 Å². The number of rotatable bonds is 6. The lowest BCUT2D eigenvalue weighted by atomic mass is 9.78. The zero-order chi connectivity index (χ0) is 28.4. The molecule has 1 atom stereocenters. The largest absolute Gasteiger partial charge is 0.341 e. The number of para-hydroxylation sites is 1. The van der Waals surface area contributed by atoms with Crippen LogP contribution in [-0.2, 0) is 11.2 Å². The first-order valence-electron chi connectivity index (χ1n) is 13.4. The molecular weight excluding hydrogens is 531 g/mol. The van der Waals surface area contributed by atoms with E-state index in [2.05, 4.69) is 10.2 Å². The van der Waals surface area contributed by atoms with Crippen LogP contribution >= 0.6 is 11.6 Å². The van der Waals surface area contributed by atoms with E-state index in [4.69, 9.17) is 11.6 Å². The van der Waals surface area contributed by atoms with Gasteiger partial charge >= 0.3 is 0 Å². The van der Waals surface area contributed by atoms with Gasteiger partial charge in [-0.2, -0.15) is 0 Å². The number of nitrogens with one attached hydrogen (secondary N) is 1. The maximum Gasteiger partial charge on any atom is 0.258 e. The van der Waals surface area contributed by atoms with Gasteiger partial charge in [0.2, 0.25) is 5.91 Å². The molecule has 0 radical (unpaired) electrons. The fourth-order valence-electron chi connectivity index (χ4n) is 5.58. The summed E-state index contributed by atoms with van der Waals surface area (Å²) in [5.41, 5.74) is 2.24. The highest BCUT2D eigenvalue weighted by molar-refractivity contribution is 6.34. The molecule has 1 N–H and O–H groups in total. The number of nitrogens with zero attached hydrogens (tertiary/aromatic N) is 3. The SMILES string of the molecule is CN(C)CCN1CCC2(CCN(C(=O)c3ccc(NC(=O)c4cc(F)ccc4Cl)cc3)c3ccccc3C2)C1=O. The zero-order valence-corrected chi connectivity index (χ0v) is 23.4. The summed E-state index contributed by atoms with van der Waals surface area (Å²) in [5, 5.41) is 2.84. The number of hydrogen-bond donors (Lipinski definition) is 1. The number of carbonyl (C=O) groups excluding carboxylic acids is 3. The summed E-state index contributed by atoms with van der Waals surface area (Å²) in [6.45, 7) is 2.68. The maximum atomic E-state index is 13.8. The topological polar surface area (TPSA) is 73.0 Å². The van der Waals surface area contributed by atoms with Gasteiger partial charge in [0.15, 0.2) is 0 Å². The molecule has 0 aliphatic carbocycles. The molecule has 2 heterocycles. The lowest BCUT2D eigenvalue weighted by molar-refractivity contribution is -0.136. The third kappa shape index (κ3) is 5.60. The van der Waals surface area contributed by atoms with Crippen molar-refractivity contribution in [1.29, 1.82) is 0 Å². The van der Waals surface area contributed by atoms with Crippen molar-refractivity contribution < 1.29 is 18.8 Å². The first kappa shape index (κ1) is 27.8. The molecule has 1 fully saturated rings. The Morgan fingerprint density at radius 1 is 1.02 bits per heavy atom. The maximum absolute atomic E-state index is 13.8. The summed E-state index contributed by atoms with van der Waals surface area (Å²) in [6.07, 6.45) is 1.98. The van der Waals surface area contributed by atoms with Gasteiger partial charge in [-0.15, -0.1) is 0 Å². The first-order valence-corrected chi connectivity index (χ1v) is 13.7. The molecular formula is C31H32ClFN4O3. The fourth-order valence-corrected chi connectivity index (χ4v) is 5.78. The van der Waals surface area contributed by atoms with Gasteiger partial charge in [-0.3, -0.25) is 14.4 Å². The Balaban J connectivity index is 1.33. The van der Waals surface area contributed by atoms with Crippen molar-refractivity contribution >= 4 is 40.7 Å². The molecule has 1 saturated heterocycles. The van der Waals surface area contributed by atoms with Gasteiger partial charge in [-0.1, -0.05) is 29.8 Å². The molecule has 2 aliphatic rings. The average molecular weight is 563 g/mol. The minimum Gasteiger partial charge on any atom is -0.341 e. The van der Waals surface area contributed by atoms with Gasteiger partial charge in [0, 0.05) is 43.1 Å². The predicted octanol–water partition coefficient (Wildman–Crippen LogP) is 5.10. The second kappa shape index (κ2) is 11.4. The van der Waals surface area contributed by atoms with Gasteiger partial charge in [0.1, 0.15) is 5.82 Å². The van der Waals surface area contributed by atoms with Crippen molar-refractivity contribution in [2.24, 2.45) is 5.41 Å². The molecule has 7 nitrogen and oxygen atoms in total. The monoisotopic (exact) mass is 562 g/mol. The highest BCUT2D eigenvalue weighted by Crippen LogP contribution is 2.43. The van der Waals surface area contributed by atoms with Gasteiger partial charge in [0.05, 0.1) is 16.0 Å². The second-order valence-electron chi connectivity index (χ2n) is 10.8. The zero-order valence-electron chi connectivity index (χ0n) is 22.6. The van der Waals surface area contributed by atoms with Crippen molar-refractivity contribution in [1.82, 2.24) is 9.80 Å². The Morgan fingerprint density at radius 3 is 2.50 bits per heavy atom. The van der Waals surface area contributed by atoms with Crippen LogP contribution in [-0.4, -0.2) is 67.8 Å². The summed E-state index contributed by atoms with van der Waals surface area (Å²) in [4.78, 5) is 45.8. The number of amides is 3. The number of benzene rings is 3. The van der Waals surface area contributed by atoms with E-state index >= 15 is 0 Å². The van der Waals surface area contributed by atoms with Crippen molar-refractivity contribution in [3.63, 3.8) is 0 Å². The summed E-state index contributed by atoms with van der Waals surface area (Å²) < 4.78 is 13.6. The van der Waals surface area contributed by atoms with Crippen LogP contribution in [0.3, 0.4) is 0 Å². The summed E-state index contributed by atoms with van der Waals surface area (Å²) in [5.74, 6) is -1.10. The van der Waals surface area contributed by atoms with Gasteiger partial charge in [-0.25, -0.2) is 4.39 Å². The van der Waals surface area contributed by atoms with Crippen LogP contribution in [0.4, 0.5) is 15.8 Å². The molecule has 9 heteroatoms. The fraction of sp³-hybridized carbons (Fsp3) is 0.323. The molecule has 0 aromatic heterocycles. The normalized spacial score (nSPS) is 18.7. The smallest absolute Gasteiger partial charge is 0.258 e. The van der Waals surface area contributed by atoms with Gasteiger partial charge < -0.3 is 20.0 Å². The highest BCUT2D eigenvalue weighted by atomic mass is 35.5. The van der Waals surface area contributed by atoms with Crippen LogP contribution in [0, 0.1) is 11.2 Å². The molecule has 40 heavy (non-hydrogen) atoms. The molecule has 0 saturated carbocycles. The van der Waals surface area contributed by atoms with Crippen molar-refractivity contribution in [2.75, 3.05) is 50.5 Å². The minimum absolute atomic E-state index is 0.0265. The van der Waals surface area contributed by atoms with Crippen LogP contribution in [0.5, 0.6) is 0 Å². The van der Waals surface area contributed by atoms with Crippen LogP contribution < -0.4 is 10.2 Å². The van der Waals surface area contributed by atoms with Crippen LogP contribution in [0.25, 0.3) is 0 Å². The molecule has 3 aromatic carbocycles. The molecule has 3 amide bonds. The van der Waals surface area contributed by atoms with Crippen molar-refractivity contribution in [3.05, 3.63) is 94.3 Å². The number of carbonyl (C=O) groups is 3. The van der Waals surface area contributed by atoms with Crippen molar-refractivity contribution in [2.45, 2.75) is 19.3 Å². The predicted molar refractivity (Wildman–Crippen MR) is 154 cm³/mol. The van der Waals surface area contributed by atoms with Crippen molar-refractivity contribution in [3.8, 4) is 0 Å². The summed E-state index contributed by atoms with van der Waals surface area (Å²) in [7, 11) is 4.00. The van der Waals surface area contributed by atoms with Gasteiger partial charge in [-0.05, 0) is 87.5 Å². The molecule has 208 valence electrons. The van der Waals surface area contributed by atoms with Crippen LogP contribution in [0.1, 0.15) is 39.1 Å². The standard InChI is InChI=1S/C31H32ClFN4O3/c1-35(2)17-18-36-15-13-31(30(36)40)14-16-37(27-6-4-3-5-22(27)20-31)29(39)21-7-10-24(11-8-21)34-28(38)25-19-23(33)9-12-26(25)32/h3-12,19H,13-18,20H2,1-2H3,(H,34,38). The molecule has 1 spiro atoms. The number of anilines is 2. The lowest BCUT2D eigenvalue weighted by Crippen LogP contribution is -2.40. The third-order valence-corrected chi connectivity index (χ3v) is 8.18. The molecule has 0 bridgehead atoms. The van der Waals surface area contributed by atoms with E-state index in [1.807, 2.05) is 43.3 Å². The second-order valence-corrected chi connectivity index (χ2v) is 11.2. The van der Waals surface area contributed by atoms with E-state index < -0.39 is 17.1 Å². The third-order valence-electron chi connectivity index (χ3n) is 7.85. The Bertz CT molecular complexity index is 1440. The quantitative estimate of drug-likeness (QED) is 0.453. The molecule has 3 aromatic rings. The summed E-state index contributed by atoms with van der Waals surface area (Å²) >= 11 is 6.05. The van der Waals surface area contributed by atoms with Gasteiger partial charge in [0.25, 0.3) is 11.8 Å². The van der Waals surface area contributed by atoms with E-state index in [0.717, 1.165) is 36.8 Å². The van der Waals surface area contributed by atoms with Crippen LogP contribution in [0.2, 0.25) is 5.02 Å². The number of likely N-dealkylation sites (N-methyl/N-ethyl adjacent to an activating group) is 1. The van der Waals surface area contributed by atoms with Crippen LogP contribution in [0.15, 0.2) is 66.7 Å². The highest BCUT2D eigenvalue weighted by Gasteiger charge is 2.48. The summed E-state index contributed by atoms with van der Waals surface area (Å²) in [6, 6.07) is 18.0. The lowest BCUT2D eigenvalue weighted by Gasteiger charge is -2.27. The molecule has 2 aliphatic heterocycles. The molecule has 1 unspecified atom stereocenters. The van der Waals surface area contributed by atoms with E-state index in [9.17, 15) is 18.8 Å². The minimum atomic E-state index is -0.560. The molecule has 5 rings (SSSR count). The number of halogens is 2. The van der Waals surface area contributed by atoms with E-state index in [-0.39, 0.29) is 22.4 Å². The van der Waals surface area contributed by atoms with E-state index in [0.29, 0.717) is 37.2 Å². The Labute approximate surface area is 238 Å².